The smallest absolute Gasteiger partial charge is 0.341 e. The third-order valence-electron chi connectivity index (χ3n) is 6.05. The summed E-state index contributed by atoms with van der Waals surface area (Å²) >= 11 is 0. The van der Waals surface area contributed by atoms with E-state index in [0.29, 0.717) is 38.9 Å². The molecule has 0 unspecified atom stereocenters. The Balaban J connectivity index is 1.59. The van der Waals surface area contributed by atoms with Crippen LogP contribution in [0, 0.1) is 5.41 Å². The molecule has 0 spiro atoms. The van der Waals surface area contributed by atoms with E-state index in [1.807, 2.05) is 43.5 Å². The first-order valence-electron chi connectivity index (χ1n) is 10.7. The van der Waals surface area contributed by atoms with Crippen molar-refractivity contribution in [2.75, 3.05) is 19.6 Å². The van der Waals surface area contributed by atoms with E-state index in [0.717, 1.165) is 16.7 Å². The van der Waals surface area contributed by atoms with Gasteiger partial charge in [-0.15, -0.1) is 5.10 Å². The van der Waals surface area contributed by atoms with Crippen LogP contribution in [0.4, 0.5) is 0 Å². The van der Waals surface area contributed by atoms with Crippen LogP contribution in [0.2, 0.25) is 0 Å². The lowest BCUT2D eigenvalue weighted by molar-refractivity contribution is -0.133. The minimum atomic E-state index is -0.635. The normalized spacial score (nSPS) is 15.3. The number of nitrogens with one attached hydrogen (secondary N) is 3. The fourth-order valence-corrected chi connectivity index (χ4v) is 4.33. The summed E-state index contributed by atoms with van der Waals surface area (Å²) in [6.07, 6.45) is 5.15. The summed E-state index contributed by atoms with van der Waals surface area (Å²) in [5.74, 6) is -0.354. The summed E-state index contributed by atoms with van der Waals surface area (Å²) in [5.41, 5.74) is 1.97. The zero-order valence-corrected chi connectivity index (χ0v) is 17.9. The van der Waals surface area contributed by atoms with E-state index in [1.54, 1.807) is 11.1 Å². The van der Waals surface area contributed by atoms with Gasteiger partial charge in [0.25, 0.3) is 5.91 Å². The largest absolute Gasteiger partial charge is 0.356 e. The van der Waals surface area contributed by atoms with Crippen molar-refractivity contribution in [2.24, 2.45) is 5.41 Å². The summed E-state index contributed by atoms with van der Waals surface area (Å²) in [7, 11) is 0. The van der Waals surface area contributed by atoms with E-state index in [4.69, 9.17) is 0 Å². The monoisotopic (exact) mass is 434 g/mol. The first-order chi connectivity index (χ1) is 15.5. The minimum Gasteiger partial charge on any atom is -0.356 e. The highest BCUT2D eigenvalue weighted by molar-refractivity contribution is 5.91. The molecule has 2 amide bonds. The lowest BCUT2D eigenvalue weighted by Gasteiger charge is -2.40. The van der Waals surface area contributed by atoms with Crippen molar-refractivity contribution in [1.29, 1.82) is 0 Å². The van der Waals surface area contributed by atoms with Crippen LogP contribution < -0.4 is 11.0 Å². The Morgan fingerprint density at radius 2 is 1.94 bits per heavy atom. The van der Waals surface area contributed by atoms with Gasteiger partial charge in [0.15, 0.2) is 0 Å². The number of H-pyrrole nitrogens is 2. The van der Waals surface area contributed by atoms with Crippen LogP contribution in [-0.2, 0) is 11.2 Å². The van der Waals surface area contributed by atoms with Gasteiger partial charge in [0.05, 0.1) is 5.41 Å². The number of nitrogens with zero attached hydrogens (tertiary/aromatic N) is 3. The highest BCUT2D eigenvalue weighted by Gasteiger charge is 2.42. The second kappa shape index (κ2) is 9.17. The highest BCUT2D eigenvalue weighted by Crippen LogP contribution is 2.38. The second-order valence-electron chi connectivity index (χ2n) is 8.03. The van der Waals surface area contributed by atoms with Crippen LogP contribution >= 0.6 is 0 Å². The molecule has 3 N–H and O–H groups in total. The van der Waals surface area contributed by atoms with Crippen LogP contribution in [0.25, 0.3) is 11.1 Å². The molecule has 9 nitrogen and oxygen atoms in total. The van der Waals surface area contributed by atoms with E-state index >= 15 is 0 Å². The Hall–Kier alpha value is -3.75. The Kier molecular flexibility index (Phi) is 6.16. The fraction of sp³-hybridized carbons (Fsp3) is 0.348. The van der Waals surface area contributed by atoms with E-state index < -0.39 is 11.1 Å². The Labute approximate surface area is 185 Å². The van der Waals surface area contributed by atoms with Gasteiger partial charge in [0, 0.05) is 37.6 Å². The van der Waals surface area contributed by atoms with Crippen LogP contribution in [0.3, 0.4) is 0 Å². The molecule has 1 aliphatic rings. The molecule has 1 saturated heterocycles. The molecule has 32 heavy (non-hydrogen) atoms. The van der Waals surface area contributed by atoms with Gasteiger partial charge in [-0.2, -0.15) is 0 Å². The van der Waals surface area contributed by atoms with E-state index in [1.165, 1.54) is 0 Å². The molecule has 0 aliphatic carbocycles. The van der Waals surface area contributed by atoms with Crippen molar-refractivity contribution < 1.29 is 9.59 Å². The van der Waals surface area contributed by atoms with Crippen molar-refractivity contribution in [2.45, 2.75) is 26.2 Å². The maximum absolute atomic E-state index is 13.2. The molecule has 0 radical (unpaired) electrons. The summed E-state index contributed by atoms with van der Waals surface area (Å²) < 4.78 is 0. The van der Waals surface area contributed by atoms with Crippen LogP contribution in [-0.4, -0.2) is 56.5 Å². The molecule has 3 aromatic rings. The van der Waals surface area contributed by atoms with Crippen molar-refractivity contribution in [1.82, 2.24) is 30.4 Å². The maximum atomic E-state index is 13.2. The highest BCUT2D eigenvalue weighted by atomic mass is 16.2. The first kappa shape index (κ1) is 21.5. The maximum Gasteiger partial charge on any atom is 0.341 e. The predicted molar refractivity (Wildman–Crippen MR) is 119 cm³/mol. The van der Waals surface area contributed by atoms with Gasteiger partial charge in [0.1, 0.15) is 0 Å². The van der Waals surface area contributed by atoms with Gasteiger partial charge >= 0.3 is 5.69 Å². The quantitative estimate of drug-likeness (QED) is 0.545. The van der Waals surface area contributed by atoms with Gasteiger partial charge in [-0.3, -0.25) is 19.6 Å². The van der Waals surface area contributed by atoms with E-state index in [-0.39, 0.29) is 17.6 Å². The Morgan fingerprint density at radius 1 is 1.16 bits per heavy atom. The molecular formula is C23H26N6O3. The fourth-order valence-electron chi connectivity index (χ4n) is 4.33. The van der Waals surface area contributed by atoms with Gasteiger partial charge in [0.2, 0.25) is 11.7 Å². The van der Waals surface area contributed by atoms with Crippen molar-refractivity contribution in [3.63, 3.8) is 0 Å². The molecule has 1 aromatic carbocycles. The molecule has 0 bridgehead atoms. The standard InChI is InChI=1S/C23H26N6O3/c1-2-25-21(31)23(9-12-29(13-10-23)20(30)19-26-22(32)28-27-19)14-16-6-3-4-8-18(16)17-7-5-11-24-15-17/h3-8,11,15H,2,9-10,12-14H2,1H3,(H,25,31)(H2,26,27,28,32). The number of piperidine rings is 1. The average Bonchev–Trinajstić information content (AvgIpc) is 3.26. The summed E-state index contributed by atoms with van der Waals surface area (Å²) in [5, 5.41) is 8.95. The number of carbonyl (C=O) groups is 2. The lowest BCUT2D eigenvalue weighted by Crippen LogP contribution is -2.51. The van der Waals surface area contributed by atoms with Crippen LogP contribution in [0.15, 0.2) is 53.6 Å². The number of aromatic amines is 2. The van der Waals surface area contributed by atoms with Gasteiger partial charge < -0.3 is 10.2 Å². The molecule has 1 fully saturated rings. The van der Waals surface area contributed by atoms with E-state index in [9.17, 15) is 14.4 Å². The molecule has 3 heterocycles. The molecule has 0 saturated carbocycles. The van der Waals surface area contributed by atoms with Crippen LogP contribution in [0.5, 0.6) is 0 Å². The number of amides is 2. The predicted octanol–water partition coefficient (Wildman–Crippen LogP) is 1.76. The van der Waals surface area contributed by atoms with Crippen molar-refractivity contribution in [3.05, 3.63) is 70.7 Å². The Morgan fingerprint density at radius 3 is 2.59 bits per heavy atom. The summed E-state index contributed by atoms with van der Waals surface area (Å²) in [6, 6.07) is 12.0. The molecule has 1 aliphatic heterocycles. The third-order valence-corrected chi connectivity index (χ3v) is 6.05. The number of pyridine rings is 1. The third kappa shape index (κ3) is 4.32. The molecule has 4 rings (SSSR count). The first-order valence-corrected chi connectivity index (χ1v) is 10.7. The van der Waals surface area contributed by atoms with Gasteiger partial charge in [-0.05, 0) is 43.4 Å². The summed E-state index contributed by atoms with van der Waals surface area (Å²) in [4.78, 5) is 45.5. The van der Waals surface area contributed by atoms with Gasteiger partial charge in [-0.1, -0.05) is 30.3 Å². The lowest BCUT2D eigenvalue weighted by atomic mass is 9.72. The number of aromatic nitrogens is 4. The van der Waals surface area contributed by atoms with Crippen molar-refractivity contribution >= 4 is 11.8 Å². The SMILES string of the molecule is CCNC(=O)C1(Cc2ccccc2-c2cccnc2)CCN(C(=O)c2n[nH]c(=O)[nH]2)CC1. The second-order valence-corrected chi connectivity index (χ2v) is 8.03. The summed E-state index contributed by atoms with van der Waals surface area (Å²) in [6.45, 7) is 3.25. The average molecular weight is 435 g/mol. The molecular weight excluding hydrogens is 408 g/mol. The topological polar surface area (TPSA) is 124 Å². The zero-order valence-electron chi connectivity index (χ0n) is 17.9. The van der Waals surface area contributed by atoms with E-state index in [2.05, 4.69) is 31.5 Å². The molecule has 166 valence electrons. The zero-order chi connectivity index (χ0) is 22.6. The van der Waals surface area contributed by atoms with Crippen molar-refractivity contribution in [3.8, 4) is 11.1 Å². The molecule has 2 aromatic heterocycles. The number of hydrogen-bond donors (Lipinski definition) is 3. The Bertz CT molecular complexity index is 1150. The molecule has 0 atom stereocenters. The number of benzene rings is 1. The number of carbonyl (C=O) groups excluding carboxylic acids is 2. The number of rotatable bonds is 6. The van der Waals surface area contributed by atoms with Crippen LogP contribution in [0.1, 0.15) is 35.9 Å². The minimum absolute atomic E-state index is 0.00117. The number of likely N-dealkylation sites (tertiary alicyclic amines) is 1. The molecule has 9 heteroatoms. The van der Waals surface area contributed by atoms with Gasteiger partial charge in [-0.25, -0.2) is 9.89 Å². The number of hydrogen-bond acceptors (Lipinski definition) is 5.